The Hall–Kier alpha value is -3.47. The van der Waals surface area contributed by atoms with Crippen LogP contribution < -0.4 is 5.73 Å². The number of aromatic nitrogens is 4. The van der Waals surface area contributed by atoms with Gasteiger partial charge in [-0.15, -0.1) is 12.4 Å². The summed E-state index contributed by atoms with van der Waals surface area (Å²) in [6.45, 7) is 2.01. The van der Waals surface area contributed by atoms with E-state index in [0.717, 1.165) is 30.5 Å². The van der Waals surface area contributed by atoms with Crippen molar-refractivity contribution in [3.05, 3.63) is 65.7 Å². The van der Waals surface area contributed by atoms with Gasteiger partial charge in [0.15, 0.2) is 17.0 Å². The highest BCUT2D eigenvalue weighted by Crippen LogP contribution is 2.31. The highest BCUT2D eigenvalue weighted by atomic mass is 35.5. The number of hydrogen-bond donors (Lipinski definition) is 2. The lowest BCUT2D eigenvalue weighted by Gasteiger charge is -2.26. The van der Waals surface area contributed by atoms with E-state index >= 15 is 0 Å². The van der Waals surface area contributed by atoms with Gasteiger partial charge in [-0.2, -0.15) is 0 Å². The predicted molar refractivity (Wildman–Crippen MR) is 133 cm³/mol. The average molecular weight is 478 g/mol. The van der Waals surface area contributed by atoms with E-state index in [1.54, 1.807) is 12.1 Å². The van der Waals surface area contributed by atoms with Gasteiger partial charge in [-0.05, 0) is 62.8 Å². The number of fused-ring (bicyclic) bond motifs is 1. The zero-order valence-electron chi connectivity index (χ0n) is 18.8. The first-order valence-electron chi connectivity index (χ1n) is 11.1. The summed E-state index contributed by atoms with van der Waals surface area (Å²) < 4.78 is 15.9. The van der Waals surface area contributed by atoms with Gasteiger partial charge in [-0.25, -0.2) is 19.3 Å². The summed E-state index contributed by atoms with van der Waals surface area (Å²) in [7, 11) is 0. The van der Waals surface area contributed by atoms with Crippen LogP contribution in [0.2, 0.25) is 0 Å². The van der Waals surface area contributed by atoms with Crippen LogP contribution in [0.25, 0.3) is 28.2 Å². The number of benzene rings is 2. The van der Waals surface area contributed by atoms with Gasteiger partial charge in [0.05, 0.1) is 0 Å². The molecular weight excluding hydrogens is 453 g/mol. The molecule has 3 N–H and O–H groups in total. The number of nitrogens with zero attached hydrogens (tertiary/aromatic N) is 4. The minimum Gasteiger partial charge on any atom is -0.382 e. The van der Waals surface area contributed by atoms with E-state index < -0.39 is 5.60 Å². The zero-order chi connectivity index (χ0) is 23.0. The van der Waals surface area contributed by atoms with E-state index in [4.69, 9.17) is 5.73 Å². The minimum atomic E-state index is -1.02. The van der Waals surface area contributed by atoms with Crippen LogP contribution in [-0.4, -0.2) is 30.2 Å². The molecule has 1 aliphatic rings. The molecule has 8 heteroatoms. The highest BCUT2D eigenvalue weighted by Gasteiger charge is 2.27. The smallest absolute Gasteiger partial charge is 0.209 e. The number of imidazole rings is 1. The number of nitrogens with two attached hydrogens (primary N) is 1. The second-order valence-electron chi connectivity index (χ2n) is 8.56. The summed E-state index contributed by atoms with van der Waals surface area (Å²) in [5, 5.41) is 10.7. The summed E-state index contributed by atoms with van der Waals surface area (Å²) in [6, 6.07) is 14.1. The van der Waals surface area contributed by atoms with Crippen molar-refractivity contribution in [1.29, 1.82) is 0 Å². The molecule has 0 atom stereocenters. The Balaban J connectivity index is 0.00000274. The number of rotatable bonds is 2. The van der Waals surface area contributed by atoms with Gasteiger partial charge in [-0.3, -0.25) is 4.57 Å². The first kappa shape index (κ1) is 23.7. The Kier molecular flexibility index (Phi) is 6.56. The largest absolute Gasteiger partial charge is 0.382 e. The van der Waals surface area contributed by atoms with Crippen LogP contribution in [0.1, 0.15) is 43.5 Å². The molecule has 0 saturated heterocycles. The van der Waals surface area contributed by atoms with E-state index in [1.807, 2.05) is 35.8 Å². The molecule has 0 radical (unpaired) electrons. The number of aryl methyl sites for hydroxylation is 1. The van der Waals surface area contributed by atoms with Crippen molar-refractivity contribution >= 4 is 29.4 Å². The van der Waals surface area contributed by atoms with Gasteiger partial charge in [0, 0.05) is 11.3 Å². The first-order valence-corrected chi connectivity index (χ1v) is 11.1. The van der Waals surface area contributed by atoms with Crippen LogP contribution >= 0.6 is 12.4 Å². The summed E-state index contributed by atoms with van der Waals surface area (Å²) in [5.74, 6) is 6.44. The molecule has 2 heterocycles. The van der Waals surface area contributed by atoms with Crippen molar-refractivity contribution < 1.29 is 9.50 Å². The van der Waals surface area contributed by atoms with Crippen molar-refractivity contribution in [2.45, 2.75) is 44.6 Å². The lowest BCUT2D eigenvalue weighted by atomic mass is 9.85. The molecule has 0 bridgehead atoms. The van der Waals surface area contributed by atoms with Crippen molar-refractivity contribution in [3.63, 3.8) is 0 Å². The minimum absolute atomic E-state index is 0. The van der Waals surface area contributed by atoms with Gasteiger partial charge in [0.1, 0.15) is 17.2 Å². The lowest BCUT2D eigenvalue weighted by molar-refractivity contribution is 0.0610. The fourth-order valence-electron chi connectivity index (χ4n) is 4.23. The van der Waals surface area contributed by atoms with Crippen molar-refractivity contribution in [2.75, 3.05) is 5.73 Å². The van der Waals surface area contributed by atoms with Crippen LogP contribution in [0.5, 0.6) is 0 Å². The van der Waals surface area contributed by atoms with Gasteiger partial charge in [0.25, 0.3) is 0 Å². The topological polar surface area (TPSA) is 89.9 Å². The first-order chi connectivity index (χ1) is 15.9. The van der Waals surface area contributed by atoms with Crippen LogP contribution in [0.3, 0.4) is 0 Å². The third-order valence-electron chi connectivity index (χ3n) is 6.00. The number of anilines is 1. The maximum absolute atomic E-state index is 14.0. The van der Waals surface area contributed by atoms with E-state index in [-0.39, 0.29) is 29.9 Å². The molecule has 6 nitrogen and oxygen atoms in total. The summed E-state index contributed by atoms with van der Waals surface area (Å²) in [6.07, 6.45) is 4.29. The fraction of sp³-hybridized carbons (Fsp3) is 0.269. The number of aliphatic hydroxyl groups is 1. The molecule has 5 rings (SSSR count). The summed E-state index contributed by atoms with van der Waals surface area (Å²) in [5.41, 5.74) is 8.65. The molecule has 0 spiro atoms. The number of hydrogen-bond acceptors (Lipinski definition) is 5. The Morgan fingerprint density at radius 1 is 1.03 bits per heavy atom. The molecule has 4 aromatic rings. The molecule has 1 saturated carbocycles. The van der Waals surface area contributed by atoms with Crippen molar-refractivity contribution in [3.8, 4) is 28.9 Å². The molecule has 2 aromatic heterocycles. The molecule has 1 aliphatic carbocycles. The van der Waals surface area contributed by atoms with Crippen molar-refractivity contribution in [1.82, 2.24) is 19.5 Å². The molecular formula is C26H25ClFN5O. The average Bonchev–Trinajstić information content (AvgIpc) is 3.19. The molecule has 174 valence electrons. The SMILES string of the molecule is Cc1ccc(-n2c(-c3cccc(F)c3)nc3c(N)nc(C#CC4(O)CCCCC4)nc32)cc1.Cl. The maximum atomic E-state index is 14.0. The molecule has 0 amide bonds. The lowest BCUT2D eigenvalue weighted by Crippen LogP contribution is -2.29. The fourth-order valence-corrected chi connectivity index (χ4v) is 4.23. The van der Waals surface area contributed by atoms with E-state index in [9.17, 15) is 9.50 Å². The van der Waals surface area contributed by atoms with Gasteiger partial charge >= 0.3 is 0 Å². The highest BCUT2D eigenvalue weighted by molar-refractivity contribution is 5.87. The summed E-state index contributed by atoms with van der Waals surface area (Å²) in [4.78, 5) is 13.6. The molecule has 2 aromatic carbocycles. The van der Waals surface area contributed by atoms with Crippen LogP contribution in [0.4, 0.5) is 10.2 Å². The Bertz CT molecular complexity index is 1400. The van der Waals surface area contributed by atoms with Crippen LogP contribution in [-0.2, 0) is 0 Å². The Morgan fingerprint density at radius 3 is 2.47 bits per heavy atom. The molecule has 0 aliphatic heterocycles. The third-order valence-corrected chi connectivity index (χ3v) is 6.00. The third kappa shape index (κ3) is 4.60. The zero-order valence-corrected chi connectivity index (χ0v) is 19.6. The van der Waals surface area contributed by atoms with E-state index in [0.29, 0.717) is 35.4 Å². The van der Waals surface area contributed by atoms with Crippen LogP contribution in [0, 0.1) is 24.6 Å². The molecule has 34 heavy (non-hydrogen) atoms. The van der Waals surface area contributed by atoms with Gasteiger partial charge in [-0.1, -0.05) is 42.2 Å². The maximum Gasteiger partial charge on any atom is 0.209 e. The standard InChI is InChI=1S/C26H24FN5O.ClH/c1-17-8-10-20(11-9-17)32-24(18-6-5-7-19(27)16-18)31-22-23(28)29-21(30-25(22)32)12-15-26(33)13-3-2-4-14-26;/h5-11,16,33H,2-4,13-14H2,1H3,(H2,28,29,30);1H. The van der Waals surface area contributed by atoms with E-state index in [1.165, 1.54) is 12.1 Å². The molecule has 1 fully saturated rings. The van der Waals surface area contributed by atoms with Gasteiger partial charge in [0.2, 0.25) is 5.82 Å². The Morgan fingerprint density at radius 2 is 1.76 bits per heavy atom. The van der Waals surface area contributed by atoms with E-state index in [2.05, 4.69) is 26.8 Å². The normalized spacial score (nSPS) is 14.8. The number of halogens is 2. The van der Waals surface area contributed by atoms with Crippen LogP contribution in [0.15, 0.2) is 48.5 Å². The quantitative estimate of drug-likeness (QED) is 0.397. The monoisotopic (exact) mass is 477 g/mol. The molecule has 0 unspecified atom stereocenters. The number of nitrogen functional groups attached to an aromatic ring is 1. The van der Waals surface area contributed by atoms with Gasteiger partial charge < -0.3 is 10.8 Å². The Labute approximate surface area is 203 Å². The van der Waals surface area contributed by atoms with Crippen molar-refractivity contribution in [2.24, 2.45) is 0 Å². The summed E-state index contributed by atoms with van der Waals surface area (Å²) >= 11 is 0. The second kappa shape index (κ2) is 9.41. The second-order valence-corrected chi connectivity index (χ2v) is 8.56. The predicted octanol–water partition coefficient (Wildman–Crippen LogP) is 4.98.